The Morgan fingerprint density at radius 1 is 1.35 bits per heavy atom. The Morgan fingerprint density at radius 3 is 2.80 bits per heavy atom. The fourth-order valence-electron chi connectivity index (χ4n) is 2.27. The molecule has 5 heteroatoms. The maximum Gasteiger partial charge on any atom is 0.0937 e. The molecule has 2 aromatic rings. The van der Waals surface area contributed by atoms with Crippen molar-refractivity contribution in [3.8, 4) is 0 Å². The molecule has 0 amide bonds. The van der Waals surface area contributed by atoms with Crippen LogP contribution in [0.3, 0.4) is 0 Å². The van der Waals surface area contributed by atoms with Gasteiger partial charge in [0.2, 0.25) is 0 Å². The summed E-state index contributed by atoms with van der Waals surface area (Å²) in [5.41, 5.74) is 2.97. The Hall–Kier alpha value is -1.39. The van der Waals surface area contributed by atoms with Gasteiger partial charge in [-0.25, -0.2) is 0 Å². The van der Waals surface area contributed by atoms with E-state index < -0.39 is 0 Å². The lowest BCUT2D eigenvalue weighted by Gasteiger charge is -2.20. The van der Waals surface area contributed by atoms with Gasteiger partial charge in [-0.15, -0.1) is 0 Å². The van der Waals surface area contributed by atoms with Crippen molar-refractivity contribution >= 4 is 11.6 Å². The zero-order valence-corrected chi connectivity index (χ0v) is 13.0. The maximum absolute atomic E-state index is 6.34. The molecular weight excluding hydrogens is 272 g/mol. The maximum atomic E-state index is 6.34. The fraction of sp³-hybridized carbons (Fsp3) is 0.467. The van der Waals surface area contributed by atoms with Crippen LogP contribution in [0.4, 0.5) is 0 Å². The normalized spacial score (nSPS) is 12.6. The second-order valence-electron chi connectivity index (χ2n) is 4.78. The van der Waals surface area contributed by atoms with E-state index in [9.17, 15) is 0 Å². The Morgan fingerprint density at radius 2 is 2.15 bits per heavy atom. The summed E-state index contributed by atoms with van der Waals surface area (Å²) in [6.45, 7) is 7.91. The summed E-state index contributed by atoms with van der Waals surface area (Å²) in [6.07, 6.45) is 2.76. The summed E-state index contributed by atoms with van der Waals surface area (Å²) < 4.78 is 1.93. The molecule has 0 aliphatic carbocycles. The van der Waals surface area contributed by atoms with Gasteiger partial charge in [0.25, 0.3) is 0 Å². The summed E-state index contributed by atoms with van der Waals surface area (Å²) in [7, 11) is 0. The number of aromatic nitrogens is 3. The summed E-state index contributed by atoms with van der Waals surface area (Å²) in [4.78, 5) is 4.64. The van der Waals surface area contributed by atoms with Crippen molar-refractivity contribution in [3.05, 3.63) is 46.5 Å². The molecule has 20 heavy (non-hydrogen) atoms. The topological polar surface area (TPSA) is 42.7 Å². The Balaban J connectivity index is 2.44. The smallest absolute Gasteiger partial charge is 0.0937 e. The van der Waals surface area contributed by atoms with Gasteiger partial charge in [0.05, 0.1) is 28.6 Å². The molecule has 4 nitrogen and oxygen atoms in total. The van der Waals surface area contributed by atoms with E-state index in [1.807, 2.05) is 29.8 Å². The van der Waals surface area contributed by atoms with Crippen molar-refractivity contribution in [1.29, 1.82) is 0 Å². The minimum Gasteiger partial charge on any atom is -0.304 e. The molecule has 0 spiro atoms. The van der Waals surface area contributed by atoms with E-state index in [0.717, 1.165) is 36.6 Å². The molecule has 0 fully saturated rings. The quantitative estimate of drug-likeness (QED) is 0.888. The van der Waals surface area contributed by atoms with Gasteiger partial charge in [0.1, 0.15) is 0 Å². The van der Waals surface area contributed by atoms with Gasteiger partial charge < -0.3 is 5.32 Å². The Kier molecular flexibility index (Phi) is 5.15. The average Bonchev–Trinajstić information content (AvgIpc) is 2.81. The molecule has 0 aliphatic heterocycles. The van der Waals surface area contributed by atoms with Crippen molar-refractivity contribution in [2.45, 2.75) is 39.8 Å². The highest BCUT2D eigenvalue weighted by molar-refractivity contribution is 6.31. The largest absolute Gasteiger partial charge is 0.304 e. The van der Waals surface area contributed by atoms with Crippen LogP contribution in [0.1, 0.15) is 43.4 Å². The zero-order chi connectivity index (χ0) is 14.5. The van der Waals surface area contributed by atoms with Gasteiger partial charge in [-0.2, -0.15) is 5.10 Å². The predicted molar refractivity (Wildman–Crippen MR) is 82.0 cm³/mol. The van der Waals surface area contributed by atoms with E-state index in [-0.39, 0.29) is 6.04 Å². The third kappa shape index (κ3) is 3.19. The molecule has 1 unspecified atom stereocenters. The van der Waals surface area contributed by atoms with E-state index in [1.165, 1.54) is 0 Å². The number of aryl methyl sites for hydroxylation is 2. The van der Waals surface area contributed by atoms with Crippen LogP contribution in [-0.2, 0) is 6.54 Å². The molecule has 0 aliphatic rings. The van der Waals surface area contributed by atoms with Gasteiger partial charge >= 0.3 is 0 Å². The minimum absolute atomic E-state index is 0.0233. The van der Waals surface area contributed by atoms with Crippen molar-refractivity contribution in [3.63, 3.8) is 0 Å². The molecule has 1 N–H and O–H groups in total. The van der Waals surface area contributed by atoms with Crippen LogP contribution >= 0.6 is 11.6 Å². The number of halogens is 1. The Bertz CT molecular complexity index is 565. The summed E-state index contributed by atoms with van der Waals surface area (Å²) >= 11 is 6.34. The van der Waals surface area contributed by atoms with E-state index in [4.69, 9.17) is 11.6 Å². The number of rotatable bonds is 6. The first-order chi connectivity index (χ1) is 9.67. The predicted octanol–water partition coefficient (Wildman–Crippen LogP) is 3.35. The molecule has 108 valence electrons. The second-order valence-corrected chi connectivity index (χ2v) is 5.19. The monoisotopic (exact) mass is 292 g/mol. The van der Waals surface area contributed by atoms with E-state index >= 15 is 0 Å². The van der Waals surface area contributed by atoms with Crippen LogP contribution in [-0.4, -0.2) is 21.3 Å². The minimum atomic E-state index is -0.0233. The van der Waals surface area contributed by atoms with Crippen LogP contribution in [0, 0.1) is 6.92 Å². The number of nitrogens with one attached hydrogen (secondary N) is 1. The fourth-order valence-corrected chi connectivity index (χ4v) is 2.52. The van der Waals surface area contributed by atoms with Crippen LogP contribution in [0.15, 0.2) is 24.4 Å². The Labute approximate surface area is 125 Å². The first kappa shape index (κ1) is 15.0. The molecule has 2 aromatic heterocycles. The number of hydrogen-bond acceptors (Lipinski definition) is 3. The lowest BCUT2D eigenvalue weighted by Crippen LogP contribution is -2.27. The highest BCUT2D eigenvalue weighted by atomic mass is 35.5. The highest BCUT2D eigenvalue weighted by Crippen LogP contribution is 2.27. The van der Waals surface area contributed by atoms with E-state index in [2.05, 4.69) is 29.2 Å². The highest BCUT2D eigenvalue weighted by Gasteiger charge is 2.22. The average molecular weight is 293 g/mol. The third-order valence-electron chi connectivity index (χ3n) is 3.21. The van der Waals surface area contributed by atoms with Gasteiger partial charge in [0, 0.05) is 12.2 Å². The first-order valence-electron chi connectivity index (χ1n) is 7.05. The van der Waals surface area contributed by atoms with Crippen LogP contribution in [0.25, 0.3) is 0 Å². The second kappa shape index (κ2) is 6.86. The first-order valence-corrected chi connectivity index (χ1v) is 7.43. The molecule has 2 heterocycles. The van der Waals surface area contributed by atoms with Crippen LogP contribution in [0.2, 0.25) is 5.02 Å². The van der Waals surface area contributed by atoms with Gasteiger partial charge in [-0.1, -0.05) is 24.6 Å². The lowest BCUT2D eigenvalue weighted by molar-refractivity contribution is 0.521. The molecular formula is C15H21ClN4. The van der Waals surface area contributed by atoms with Gasteiger partial charge in [-0.3, -0.25) is 9.67 Å². The third-order valence-corrected chi connectivity index (χ3v) is 3.50. The molecule has 0 bridgehead atoms. The molecule has 2 rings (SSSR count). The summed E-state index contributed by atoms with van der Waals surface area (Å²) in [5.74, 6) is 0. The molecule has 0 radical (unpaired) electrons. The van der Waals surface area contributed by atoms with Crippen LogP contribution < -0.4 is 5.32 Å². The lowest BCUT2D eigenvalue weighted by atomic mass is 10.1. The number of nitrogens with zero attached hydrogens (tertiary/aromatic N) is 3. The van der Waals surface area contributed by atoms with Crippen molar-refractivity contribution in [1.82, 2.24) is 20.1 Å². The number of pyridine rings is 1. The van der Waals surface area contributed by atoms with Crippen molar-refractivity contribution in [2.75, 3.05) is 6.54 Å². The summed E-state index contributed by atoms with van der Waals surface area (Å²) in [5, 5.41) is 8.54. The van der Waals surface area contributed by atoms with Gasteiger partial charge in [-0.05, 0) is 38.9 Å². The standard InChI is InChI=1S/C15H21ClN4/c1-4-9-17-14(13-8-6-7-11(3)19-13)15-12(16)10-18-20(15)5-2/h6-8,10,14,17H,4-5,9H2,1-3H3. The molecule has 1 atom stereocenters. The molecule has 0 saturated heterocycles. The number of hydrogen-bond donors (Lipinski definition) is 1. The van der Waals surface area contributed by atoms with Crippen molar-refractivity contribution in [2.24, 2.45) is 0 Å². The van der Waals surface area contributed by atoms with E-state index in [1.54, 1.807) is 6.20 Å². The van der Waals surface area contributed by atoms with Crippen LogP contribution in [0.5, 0.6) is 0 Å². The van der Waals surface area contributed by atoms with Crippen molar-refractivity contribution < 1.29 is 0 Å². The zero-order valence-electron chi connectivity index (χ0n) is 12.2. The molecule has 0 aromatic carbocycles. The van der Waals surface area contributed by atoms with E-state index in [0.29, 0.717) is 5.02 Å². The van der Waals surface area contributed by atoms with Gasteiger partial charge in [0.15, 0.2) is 0 Å². The molecule has 0 saturated carbocycles. The SMILES string of the molecule is CCCNC(c1cccc(C)n1)c1c(Cl)cnn1CC. The summed E-state index contributed by atoms with van der Waals surface area (Å²) in [6, 6.07) is 6.03.